The molecule has 3 N–H and O–H groups in total. The zero-order valence-electron chi connectivity index (χ0n) is 19.8. The van der Waals surface area contributed by atoms with Gasteiger partial charge in [0.05, 0.1) is 12.1 Å². The van der Waals surface area contributed by atoms with Crippen LogP contribution in [0, 0.1) is 11.8 Å². The molecule has 1 heterocycles. The first kappa shape index (κ1) is 26.9. The number of aliphatic carboxylic acids is 1. The molecule has 1 aliphatic rings. The largest absolute Gasteiger partial charge is 0.480 e. The first-order valence-corrected chi connectivity index (χ1v) is 11.1. The Hall–Kier alpha value is -2.09. The topological polar surface area (TPSA) is 116 Å². The van der Waals surface area contributed by atoms with E-state index in [1.54, 1.807) is 20.8 Å². The number of allylic oxidation sites excluding steroid dienone is 1. The van der Waals surface area contributed by atoms with Crippen LogP contribution in [-0.4, -0.2) is 62.9 Å². The standard InChI is InChI=1S/C23H40N2O6/c1-8-10-11-15(3)12-16(9-2)18(24-21(29)31-22(4,5)6)19(26)25-14-23(7,30)13-17(25)20(27)28/h8,15-18,30H,1,9-14H2,2-7H3,(H,24,29)(H,27,28)/t15?,16-,17+,18+,23-/m1/s1. The molecule has 0 radical (unpaired) electrons. The zero-order valence-corrected chi connectivity index (χ0v) is 19.8. The summed E-state index contributed by atoms with van der Waals surface area (Å²) in [6.45, 7) is 14.4. The minimum absolute atomic E-state index is 0.0558. The summed E-state index contributed by atoms with van der Waals surface area (Å²) in [7, 11) is 0. The van der Waals surface area contributed by atoms with Crippen LogP contribution in [0.2, 0.25) is 0 Å². The number of β-amino-alcohol motifs (C(OH)–C–C–N with tert-alkyl or cyclic N) is 1. The average molecular weight is 441 g/mol. The van der Waals surface area contributed by atoms with Crippen molar-refractivity contribution in [1.29, 1.82) is 0 Å². The number of carbonyl (C=O) groups excluding carboxylic acids is 2. The number of carboxylic acids is 1. The minimum atomic E-state index is -1.30. The minimum Gasteiger partial charge on any atom is -0.480 e. The van der Waals surface area contributed by atoms with Gasteiger partial charge in [0.15, 0.2) is 0 Å². The van der Waals surface area contributed by atoms with Crippen molar-refractivity contribution in [2.75, 3.05) is 6.54 Å². The fraction of sp³-hybridized carbons (Fsp3) is 0.783. The molecular formula is C23H40N2O6. The maximum Gasteiger partial charge on any atom is 0.408 e. The van der Waals surface area contributed by atoms with Gasteiger partial charge in [0.2, 0.25) is 5.91 Å². The van der Waals surface area contributed by atoms with Crippen molar-refractivity contribution < 1.29 is 29.3 Å². The number of nitrogens with zero attached hydrogens (tertiary/aromatic N) is 1. The lowest BCUT2D eigenvalue weighted by Crippen LogP contribution is -2.55. The fourth-order valence-electron chi connectivity index (χ4n) is 4.09. The summed E-state index contributed by atoms with van der Waals surface area (Å²) in [5.74, 6) is -1.59. The van der Waals surface area contributed by atoms with E-state index in [4.69, 9.17) is 4.74 Å². The van der Waals surface area contributed by atoms with Crippen LogP contribution in [-0.2, 0) is 14.3 Å². The van der Waals surface area contributed by atoms with Crippen molar-refractivity contribution in [3.05, 3.63) is 12.7 Å². The van der Waals surface area contributed by atoms with Gasteiger partial charge in [-0.1, -0.05) is 26.3 Å². The van der Waals surface area contributed by atoms with Gasteiger partial charge in [-0.2, -0.15) is 0 Å². The van der Waals surface area contributed by atoms with Crippen LogP contribution in [0.5, 0.6) is 0 Å². The molecule has 8 heteroatoms. The number of carboxylic acid groups (broad SMARTS) is 1. The Morgan fingerprint density at radius 1 is 1.35 bits per heavy atom. The van der Waals surface area contributed by atoms with Crippen molar-refractivity contribution in [2.24, 2.45) is 11.8 Å². The number of likely N-dealkylation sites (tertiary alicyclic amines) is 1. The number of hydrogen-bond acceptors (Lipinski definition) is 5. The quantitative estimate of drug-likeness (QED) is 0.449. The molecule has 0 bridgehead atoms. The highest BCUT2D eigenvalue weighted by Crippen LogP contribution is 2.30. The summed E-state index contributed by atoms with van der Waals surface area (Å²) in [5.41, 5.74) is -2.04. The average Bonchev–Trinajstić information content (AvgIpc) is 2.96. The second-order valence-corrected chi connectivity index (χ2v) is 10.0. The van der Waals surface area contributed by atoms with E-state index in [1.807, 2.05) is 13.0 Å². The number of nitrogens with one attached hydrogen (secondary N) is 1. The Labute approximate surface area is 186 Å². The smallest absolute Gasteiger partial charge is 0.408 e. The molecule has 1 rings (SSSR count). The van der Waals surface area contributed by atoms with Gasteiger partial charge in [0.25, 0.3) is 0 Å². The lowest BCUT2D eigenvalue weighted by molar-refractivity contribution is -0.149. The number of aliphatic hydroxyl groups is 1. The van der Waals surface area contributed by atoms with Crippen LogP contribution in [0.25, 0.3) is 0 Å². The van der Waals surface area contributed by atoms with E-state index in [9.17, 15) is 24.6 Å². The van der Waals surface area contributed by atoms with E-state index >= 15 is 0 Å². The number of alkyl carbamates (subject to hydrolysis) is 1. The van der Waals surface area contributed by atoms with Crippen molar-refractivity contribution in [1.82, 2.24) is 10.2 Å². The molecular weight excluding hydrogens is 400 g/mol. The Morgan fingerprint density at radius 3 is 2.45 bits per heavy atom. The molecule has 5 atom stereocenters. The summed E-state index contributed by atoms with van der Waals surface area (Å²) in [5, 5.41) is 22.7. The third-order valence-electron chi connectivity index (χ3n) is 5.59. The zero-order chi connectivity index (χ0) is 24.0. The molecule has 1 saturated heterocycles. The Balaban J connectivity index is 3.17. The molecule has 0 saturated carbocycles. The van der Waals surface area contributed by atoms with E-state index < -0.39 is 41.3 Å². The van der Waals surface area contributed by atoms with Crippen LogP contribution in [0.4, 0.5) is 4.79 Å². The number of ether oxygens (including phenoxy) is 1. The van der Waals surface area contributed by atoms with Crippen molar-refractivity contribution in [2.45, 2.75) is 96.9 Å². The summed E-state index contributed by atoms with van der Waals surface area (Å²) in [4.78, 5) is 39.0. The third-order valence-corrected chi connectivity index (χ3v) is 5.59. The van der Waals surface area contributed by atoms with Gasteiger partial charge >= 0.3 is 12.1 Å². The monoisotopic (exact) mass is 440 g/mol. The van der Waals surface area contributed by atoms with Crippen molar-refractivity contribution >= 4 is 18.0 Å². The molecule has 178 valence electrons. The molecule has 8 nitrogen and oxygen atoms in total. The number of carbonyl (C=O) groups is 3. The predicted molar refractivity (Wildman–Crippen MR) is 119 cm³/mol. The first-order valence-electron chi connectivity index (χ1n) is 11.1. The van der Waals surface area contributed by atoms with Gasteiger partial charge in [0, 0.05) is 6.42 Å². The lowest BCUT2D eigenvalue weighted by Gasteiger charge is -2.33. The second kappa shape index (κ2) is 11.0. The molecule has 0 spiro atoms. The number of hydrogen-bond donors (Lipinski definition) is 3. The lowest BCUT2D eigenvalue weighted by atomic mass is 9.85. The van der Waals surface area contributed by atoms with Crippen molar-refractivity contribution in [3.63, 3.8) is 0 Å². The molecule has 0 aromatic carbocycles. The normalized spacial score (nSPS) is 24.2. The molecule has 0 aliphatic carbocycles. The number of rotatable bonds is 10. The van der Waals surface area contributed by atoms with Crippen LogP contribution in [0.1, 0.15) is 73.6 Å². The Kier molecular flexibility index (Phi) is 9.54. The Morgan fingerprint density at radius 2 is 1.97 bits per heavy atom. The van der Waals surface area contributed by atoms with Crippen LogP contribution >= 0.6 is 0 Å². The summed E-state index contributed by atoms with van der Waals surface area (Å²) in [6, 6.07) is -2.08. The molecule has 1 unspecified atom stereocenters. The number of amides is 2. The molecule has 0 aromatic rings. The van der Waals surface area contributed by atoms with E-state index in [-0.39, 0.29) is 24.8 Å². The SMILES string of the molecule is C=CCCC(C)C[C@@H](CC)[C@H](NC(=O)OC(C)(C)C)C(=O)N1C[C@](C)(O)C[C@H]1C(=O)O. The maximum absolute atomic E-state index is 13.5. The first-order chi connectivity index (χ1) is 14.2. The van der Waals surface area contributed by atoms with Gasteiger partial charge < -0.3 is 25.2 Å². The van der Waals surface area contributed by atoms with Gasteiger partial charge in [-0.05, 0) is 58.8 Å². The van der Waals surface area contributed by atoms with E-state index in [2.05, 4.69) is 18.8 Å². The van der Waals surface area contributed by atoms with Crippen molar-refractivity contribution in [3.8, 4) is 0 Å². The fourth-order valence-corrected chi connectivity index (χ4v) is 4.09. The maximum atomic E-state index is 13.5. The molecule has 1 aliphatic heterocycles. The van der Waals surface area contributed by atoms with Gasteiger partial charge in [-0.25, -0.2) is 9.59 Å². The second-order valence-electron chi connectivity index (χ2n) is 10.0. The molecule has 31 heavy (non-hydrogen) atoms. The van der Waals surface area contributed by atoms with Crippen LogP contribution in [0.3, 0.4) is 0 Å². The summed E-state index contributed by atoms with van der Waals surface area (Å²) < 4.78 is 5.36. The van der Waals surface area contributed by atoms with E-state index in [0.29, 0.717) is 12.8 Å². The highest BCUT2D eigenvalue weighted by atomic mass is 16.6. The summed E-state index contributed by atoms with van der Waals surface area (Å²) in [6.07, 6.45) is 4.13. The van der Waals surface area contributed by atoms with Crippen LogP contribution < -0.4 is 5.32 Å². The van der Waals surface area contributed by atoms with Crippen LogP contribution in [0.15, 0.2) is 12.7 Å². The van der Waals surface area contributed by atoms with Gasteiger partial charge in [0.1, 0.15) is 17.7 Å². The van der Waals surface area contributed by atoms with E-state index in [1.165, 1.54) is 11.8 Å². The Bertz CT molecular complexity index is 655. The third kappa shape index (κ3) is 8.51. The molecule has 2 amide bonds. The van der Waals surface area contributed by atoms with Gasteiger partial charge in [-0.3, -0.25) is 4.79 Å². The predicted octanol–water partition coefficient (Wildman–Crippen LogP) is 3.33. The highest BCUT2D eigenvalue weighted by molar-refractivity contribution is 5.90. The van der Waals surface area contributed by atoms with Gasteiger partial charge in [-0.15, -0.1) is 6.58 Å². The highest BCUT2D eigenvalue weighted by Gasteiger charge is 2.48. The van der Waals surface area contributed by atoms with E-state index in [0.717, 1.165) is 12.8 Å². The summed E-state index contributed by atoms with van der Waals surface area (Å²) >= 11 is 0. The molecule has 0 aromatic heterocycles. The molecule has 1 fully saturated rings.